The van der Waals surface area contributed by atoms with Gasteiger partial charge in [0, 0.05) is 0 Å². The van der Waals surface area contributed by atoms with Gasteiger partial charge >= 0.3 is 0 Å². The molecule has 0 saturated carbocycles. The molecular weight excluding hydrogens is 242 g/mol. The van der Waals surface area contributed by atoms with Crippen molar-refractivity contribution in [1.82, 2.24) is 0 Å². The lowest BCUT2D eigenvalue weighted by atomic mass is 9.78. The van der Waals surface area contributed by atoms with Crippen LogP contribution in [-0.4, -0.2) is 16.9 Å². The normalized spacial score (nSPS) is 29.7. The average molecular weight is 257 g/mol. The Morgan fingerprint density at radius 2 is 1.84 bits per heavy atom. The van der Waals surface area contributed by atoms with E-state index in [1.54, 1.807) is 12.1 Å². The molecule has 0 unspecified atom stereocenters. The summed E-state index contributed by atoms with van der Waals surface area (Å²) in [5.74, 6) is -0.519. The molecule has 1 N–H and O–H groups in total. The van der Waals surface area contributed by atoms with Gasteiger partial charge in [0.1, 0.15) is 5.75 Å². The fourth-order valence-electron chi connectivity index (χ4n) is 3.00. The summed E-state index contributed by atoms with van der Waals surface area (Å²) in [5, 5.41) is 9.28. The van der Waals surface area contributed by atoms with Gasteiger partial charge in [-0.05, 0) is 36.6 Å². The Morgan fingerprint density at radius 1 is 1.16 bits per heavy atom. The summed E-state index contributed by atoms with van der Waals surface area (Å²) in [4.78, 5) is 26.1. The highest BCUT2D eigenvalue weighted by molar-refractivity contribution is 6.22. The van der Waals surface area contributed by atoms with Crippen molar-refractivity contribution in [3.8, 4) is 5.75 Å². The maximum absolute atomic E-state index is 12.5. The van der Waals surface area contributed by atoms with E-state index in [1.807, 2.05) is 19.1 Å². The minimum Gasteiger partial charge on any atom is -0.508 e. The van der Waals surface area contributed by atoms with Crippen LogP contribution in [0.5, 0.6) is 5.75 Å². The number of amides is 2. The highest BCUT2D eigenvalue weighted by Crippen LogP contribution is 2.40. The van der Waals surface area contributed by atoms with Gasteiger partial charge in [-0.15, -0.1) is 0 Å². The van der Waals surface area contributed by atoms with Gasteiger partial charge in [-0.2, -0.15) is 0 Å². The van der Waals surface area contributed by atoms with Crippen molar-refractivity contribution in [3.05, 3.63) is 36.4 Å². The number of hydrogen-bond acceptors (Lipinski definition) is 3. The molecule has 3 rings (SSSR count). The van der Waals surface area contributed by atoms with Crippen molar-refractivity contribution >= 4 is 17.5 Å². The zero-order chi connectivity index (χ0) is 13.6. The minimum absolute atomic E-state index is 0.0947. The summed E-state index contributed by atoms with van der Waals surface area (Å²) in [6.07, 6.45) is 4.62. The molecule has 19 heavy (non-hydrogen) atoms. The first-order valence-corrected chi connectivity index (χ1v) is 6.43. The van der Waals surface area contributed by atoms with Crippen molar-refractivity contribution in [2.24, 2.45) is 17.8 Å². The zero-order valence-corrected chi connectivity index (χ0v) is 10.6. The lowest BCUT2D eigenvalue weighted by Gasteiger charge is -2.22. The van der Waals surface area contributed by atoms with Crippen LogP contribution in [0, 0.1) is 17.8 Å². The van der Waals surface area contributed by atoms with Crippen LogP contribution in [0.2, 0.25) is 0 Å². The molecular formula is C15H15NO3. The standard InChI is InChI=1S/C15H15NO3/c1-9-3-2-4-12-13(9)15(19)16(14(12)18)10-5-7-11(17)8-6-10/h2-3,5-9,12-13,17H,4H2,1H3/t9-,12-,13+/m0/s1. The summed E-state index contributed by atoms with van der Waals surface area (Å²) in [6, 6.07) is 6.17. The molecule has 1 aliphatic heterocycles. The van der Waals surface area contributed by atoms with Crippen LogP contribution in [0.15, 0.2) is 36.4 Å². The Hall–Kier alpha value is -2.10. The first-order valence-electron chi connectivity index (χ1n) is 6.43. The molecule has 1 heterocycles. The van der Waals surface area contributed by atoms with Crippen LogP contribution in [0.1, 0.15) is 13.3 Å². The Labute approximate surface area is 111 Å². The molecule has 1 fully saturated rings. The molecule has 1 aromatic rings. The predicted molar refractivity (Wildman–Crippen MR) is 70.5 cm³/mol. The van der Waals surface area contributed by atoms with Gasteiger partial charge in [-0.25, -0.2) is 0 Å². The summed E-state index contributed by atoms with van der Waals surface area (Å²) in [6.45, 7) is 1.97. The van der Waals surface area contributed by atoms with Crippen LogP contribution in [-0.2, 0) is 9.59 Å². The van der Waals surface area contributed by atoms with E-state index in [2.05, 4.69) is 0 Å². The number of benzene rings is 1. The van der Waals surface area contributed by atoms with Crippen molar-refractivity contribution in [2.45, 2.75) is 13.3 Å². The number of carbonyl (C=O) groups is 2. The van der Waals surface area contributed by atoms with E-state index >= 15 is 0 Å². The molecule has 2 aliphatic rings. The number of allylic oxidation sites excluding steroid dienone is 2. The van der Waals surface area contributed by atoms with Crippen LogP contribution < -0.4 is 4.90 Å². The largest absolute Gasteiger partial charge is 0.508 e. The highest BCUT2D eigenvalue weighted by atomic mass is 16.3. The van der Waals surface area contributed by atoms with Crippen LogP contribution >= 0.6 is 0 Å². The fourth-order valence-corrected chi connectivity index (χ4v) is 3.00. The maximum atomic E-state index is 12.5. The third-order valence-corrected chi connectivity index (χ3v) is 3.98. The predicted octanol–water partition coefficient (Wildman–Crippen LogP) is 2.09. The van der Waals surface area contributed by atoms with Gasteiger partial charge in [-0.3, -0.25) is 14.5 Å². The second-order valence-electron chi connectivity index (χ2n) is 5.18. The second-order valence-corrected chi connectivity index (χ2v) is 5.18. The molecule has 4 heteroatoms. The van der Waals surface area contributed by atoms with E-state index in [0.717, 1.165) is 0 Å². The SMILES string of the molecule is C[C@H]1C=CC[C@@H]2C(=O)N(c3ccc(O)cc3)C(=O)[C@@H]21. The van der Waals surface area contributed by atoms with E-state index < -0.39 is 0 Å². The molecule has 4 nitrogen and oxygen atoms in total. The number of hydrogen-bond donors (Lipinski definition) is 1. The second kappa shape index (κ2) is 4.23. The fraction of sp³-hybridized carbons (Fsp3) is 0.333. The third kappa shape index (κ3) is 1.75. The molecule has 0 radical (unpaired) electrons. The quantitative estimate of drug-likeness (QED) is 0.619. The van der Waals surface area contributed by atoms with Gasteiger partial charge in [0.25, 0.3) is 0 Å². The molecule has 0 aromatic heterocycles. The smallest absolute Gasteiger partial charge is 0.238 e. The molecule has 1 aliphatic carbocycles. The van der Waals surface area contributed by atoms with E-state index in [9.17, 15) is 14.7 Å². The van der Waals surface area contributed by atoms with Crippen molar-refractivity contribution < 1.29 is 14.7 Å². The monoisotopic (exact) mass is 257 g/mol. The first kappa shape index (κ1) is 12.0. The van der Waals surface area contributed by atoms with E-state index in [0.29, 0.717) is 12.1 Å². The van der Waals surface area contributed by atoms with Crippen molar-refractivity contribution in [2.75, 3.05) is 4.90 Å². The Balaban J connectivity index is 1.98. The van der Waals surface area contributed by atoms with E-state index in [4.69, 9.17) is 0 Å². The molecule has 1 aromatic carbocycles. The number of phenolic OH excluding ortho intramolecular Hbond substituents is 1. The molecule has 0 spiro atoms. The number of fused-ring (bicyclic) bond motifs is 1. The topological polar surface area (TPSA) is 57.6 Å². The summed E-state index contributed by atoms with van der Waals surface area (Å²) in [7, 11) is 0. The van der Waals surface area contributed by atoms with Gasteiger partial charge in [-0.1, -0.05) is 19.1 Å². The zero-order valence-electron chi connectivity index (χ0n) is 10.6. The molecule has 1 saturated heterocycles. The first-order chi connectivity index (χ1) is 9.09. The number of phenols is 1. The third-order valence-electron chi connectivity index (χ3n) is 3.98. The van der Waals surface area contributed by atoms with Crippen LogP contribution in [0.3, 0.4) is 0 Å². The van der Waals surface area contributed by atoms with Crippen molar-refractivity contribution in [3.63, 3.8) is 0 Å². The Bertz CT molecular complexity index is 561. The van der Waals surface area contributed by atoms with Crippen molar-refractivity contribution in [1.29, 1.82) is 0 Å². The van der Waals surface area contributed by atoms with Gasteiger partial charge in [0.05, 0.1) is 17.5 Å². The van der Waals surface area contributed by atoms with E-state index in [-0.39, 0.29) is 35.3 Å². The summed E-state index contributed by atoms with van der Waals surface area (Å²) >= 11 is 0. The molecule has 98 valence electrons. The number of rotatable bonds is 1. The molecule has 2 amide bonds. The lowest BCUT2D eigenvalue weighted by molar-refractivity contribution is -0.122. The van der Waals surface area contributed by atoms with Gasteiger partial charge < -0.3 is 5.11 Å². The summed E-state index contributed by atoms with van der Waals surface area (Å²) < 4.78 is 0. The Morgan fingerprint density at radius 3 is 2.47 bits per heavy atom. The molecule has 0 bridgehead atoms. The average Bonchev–Trinajstić information content (AvgIpc) is 2.65. The maximum Gasteiger partial charge on any atom is 0.238 e. The number of imide groups is 1. The van der Waals surface area contributed by atoms with Crippen LogP contribution in [0.4, 0.5) is 5.69 Å². The number of aromatic hydroxyl groups is 1. The molecule has 3 atom stereocenters. The lowest BCUT2D eigenvalue weighted by Crippen LogP contribution is -2.31. The van der Waals surface area contributed by atoms with Gasteiger partial charge in [0.15, 0.2) is 0 Å². The van der Waals surface area contributed by atoms with Crippen LogP contribution in [0.25, 0.3) is 0 Å². The van der Waals surface area contributed by atoms with Gasteiger partial charge in [0.2, 0.25) is 11.8 Å². The highest BCUT2D eigenvalue weighted by Gasteiger charge is 2.50. The number of nitrogens with zero attached hydrogens (tertiary/aromatic N) is 1. The van der Waals surface area contributed by atoms with E-state index in [1.165, 1.54) is 17.0 Å². The number of carbonyl (C=O) groups excluding carboxylic acids is 2. The summed E-state index contributed by atoms with van der Waals surface area (Å²) in [5.41, 5.74) is 0.536. The number of anilines is 1. The Kier molecular flexibility index (Phi) is 2.66. The minimum atomic E-state index is -0.244.